The molecule has 1 aromatic rings. The fourth-order valence-electron chi connectivity index (χ4n) is 4.07. The van der Waals surface area contributed by atoms with Crippen LogP contribution in [0.2, 0.25) is 0 Å². The molecule has 0 aliphatic heterocycles. The number of likely N-dealkylation sites (N-methyl/N-ethyl adjacent to an activating group) is 1. The predicted molar refractivity (Wildman–Crippen MR) is 176 cm³/mol. The van der Waals surface area contributed by atoms with Crippen molar-refractivity contribution in [3.8, 4) is 6.07 Å². The third-order valence-corrected chi connectivity index (χ3v) is 7.05. The molecule has 0 unspecified atom stereocenters. The zero-order valence-corrected chi connectivity index (χ0v) is 26.8. The van der Waals surface area contributed by atoms with E-state index in [1.54, 1.807) is 18.5 Å². The Hall–Kier alpha value is -3.50. The van der Waals surface area contributed by atoms with Crippen molar-refractivity contribution in [3.05, 3.63) is 82.4 Å². The molecule has 0 saturated carbocycles. The standard InChI is InChI=1S/C34H48N4O2S/c1-8-11-18-31(38(6)7)33(20-12-9-2)40-24-29(25-41)17-14-19-32(39)34(36-5)37-30(26(4)10-3)22-27-15-13-16-28(21-27)23-35/h9,12-13,15-16,18,20-21,25,29H,8,10-11,14,17,19,22,24H2,1-7H3,(H,36,37)/b12-9-,30-26+,31-18-,33-20+/t29-/m0/s1. The average Bonchev–Trinajstić information content (AvgIpc) is 2.98. The number of hydrogen-bond acceptors (Lipinski definition) is 6. The Balaban J connectivity index is 2.84. The fraction of sp³-hybridized carbons (Fsp3) is 0.471. The lowest BCUT2D eigenvalue weighted by atomic mass is 10.0. The number of unbranched alkanes of at least 4 members (excludes halogenated alkanes) is 1. The Morgan fingerprint density at radius 2 is 2.05 bits per heavy atom. The molecule has 1 N–H and O–H groups in total. The van der Waals surface area contributed by atoms with Crippen LogP contribution < -0.4 is 5.32 Å². The second kappa shape index (κ2) is 20.4. The van der Waals surface area contributed by atoms with Gasteiger partial charge < -0.3 is 15.0 Å². The number of aliphatic imine (C=N–C) groups is 1. The summed E-state index contributed by atoms with van der Waals surface area (Å²) in [6.07, 6.45) is 13.4. The molecule has 6 nitrogen and oxygen atoms in total. The van der Waals surface area contributed by atoms with Crippen LogP contribution in [0.1, 0.15) is 77.3 Å². The van der Waals surface area contributed by atoms with Crippen molar-refractivity contribution in [2.75, 3.05) is 27.7 Å². The molecule has 0 aliphatic carbocycles. The average molecular weight is 577 g/mol. The van der Waals surface area contributed by atoms with Crippen molar-refractivity contribution >= 4 is 29.2 Å². The smallest absolute Gasteiger partial charge is 0.197 e. The van der Waals surface area contributed by atoms with Crippen molar-refractivity contribution in [1.29, 1.82) is 5.26 Å². The van der Waals surface area contributed by atoms with Crippen molar-refractivity contribution in [2.24, 2.45) is 10.9 Å². The minimum atomic E-state index is -0.0326. The second-order valence-electron chi connectivity index (χ2n) is 10.2. The number of amidine groups is 1. The molecule has 1 rings (SSSR count). The summed E-state index contributed by atoms with van der Waals surface area (Å²) in [6.45, 7) is 8.73. The van der Waals surface area contributed by atoms with Crippen LogP contribution in [0.15, 0.2) is 76.3 Å². The lowest BCUT2D eigenvalue weighted by molar-refractivity contribution is -0.113. The van der Waals surface area contributed by atoms with Gasteiger partial charge in [0.25, 0.3) is 0 Å². The first kappa shape index (κ1) is 35.5. The van der Waals surface area contributed by atoms with Crippen LogP contribution >= 0.6 is 12.2 Å². The van der Waals surface area contributed by atoms with Gasteiger partial charge in [0.2, 0.25) is 0 Å². The molecule has 0 aromatic heterocycles. The molecule has 0 fully saturated rings. The summed E-state index contributed by atoms with van der Waals surface area (Å²) >= 11 is 5.32. The lowest BCUT2D eigenvalue weighted by Gasteiger charge is -2.22. The summed E-state index contributed by atoms with van der Waals surface area (Å²) < 4.78 is 6.26. The molecule has 0 radical (unpaired) electrons. The van der Waals surface area contributed by atoms with Gasteiger partial charge in [0.1, 0.15) is 5.76 Å². The third-order valence-electron chi connectivity index (χ3n) is 6.66. The quantitative estimate of drug-likeness (QED) is 0.0642. The van der Waals surface area contributed by atoms with Crippen molar-refractivity contribution in [3.63, 3.8) is 0 Å². The molecule has 7 heteroatoms. The van der Waals surface area contributed by atoms with E-state index in [1.165, 1.54) is 0 Å². The molecule has 1 atom stereocenters. The van der Waals surface area contributed by atoms with E-state index >= 15 is 0 Å². The van der Waals surface area contributed by atoms with E-state index in [2.05, 4.69) is 48.1 Å². The number of thiocarbonyl (C=S) groups is 1. The van der Waals surface area contributed by atoms with E-state index in [9.17, 15) is 10.1 Å². The molecule has 0 spiro atoms. The van der Waals surface area contributed by atoms with Gasteiger partial charge in [-0.15, -0.1) is 0 Å². The highest BCUT2D eigenvalue weighted by Gasteiger charge is 2.17. The van der Waals surface area contributed by atoms with E-state index < -0.39 is 0 Å². The number of ether oxygens (including phenoxy) is 1. The monoisotopic (exact) mass is 576 g/mol. The molecule has 0 amide bonds. The zero-order chi connectivity index (χ0) is 30.6. The zero-order valence-electron chi connectivity index (χ0n) is 26.0. The molecular formula is C34H48N4O2S. The van der Waals surface area contributed by atoms with Crippen LogP contribution in [0.4, 0.5) is 0 Å². The van der Waals surface area contributed by atoms with Crippen LogP contribution in [-0.4, -0.2) is 49.6 Å². The number of ketones is 1. The van der Waals surface area contributed by atoms with Crippen LogP contribution in [0.5, 0.6) is 0 Å². The molecule has 0 aliphatic rings. The summed E-state index contributed by atoms with van der Waals surface area (Å²) in [4.78, 5) is 19.5. The van der Waals surface area contributed by atoms with Crippen molar-refractivity contribution in [2.45, 2.75) is 72.6 Å². The van der Waals surface area contributed by atoms with Crippen LogP contribution in [0.3, 0.4) is 0 Å². The SMILES string of the molecule is C\C=C/C=C(OC[C@@H](C=S)CCCC(=O)/C(=N/C)N/C(Cc1cccc(C#N)c1)=C(\C)CC)\C(=C\CCC)N(C)C. The number of rotatable bonds is 18. The maximum absolute atomic E-state index is 13.1. The number of nitrogens with one attached hydrogen (secondary N) is 1. The Labute approximate surface area is 253 Å². The van der Waals surface area contributed by atoms with Gasteiger partial charge in [0.05, 0.1) is 23.9 Å². The lowest BCUT2D eigenvalue weighted by Crippen LogP contribution is -2.32. The van der Waals surface area contributed by atoms with Gasteiger partial charge in [-0.25, -0.2) is 0 Å². The van der Waals surface area contributed by atoms with E-state index in [0.717, 1.165) is 54.0 Å². The van der Waals surface area contributed by atoms with Gasteiger partial charge in [-0.05, 0) is 68.7 Å². The molecule has 0 heterocycles. The Bertz CT molecular complexity index is 1190. The molecule has 41 heavy (non-hydrogen) atoms. The number of nitriles is 1. The first-order valence-electron chi connectivity index (χ1n) is 14.5. The molecule has 222 valence electrons. The van der Waals surface area contributed by atoms with Crippen molar-refractivity contribution < 1.29 is 9.53 Å². The normalized spacial score (nSPS) is 13.9. The Kier molecular flexibility index (Phi) is 17.7. The van der Waals surface area contributed by atoms with Crippen molar-refractivity contribution in [1.82, 2.24) is 10.2 Å². The number of allylic oxidation sites excluding steroid dienone is 6. The number of benzene rings is 1. The molecule has 0 saturated heterocycles. The molecule has 1 aromatic carbocycles. The van der Waals surface area contributed by atoms with E-state index in [4.69, 9.17) is 17.0 Å². The van der Waals surface area contributed by atoms with E-state index in [1.807, 2.05) is 57.4 Å². The number of carbonyl (C=O) groups excluding carboxylic acids is 1. The molecular weight excluding hydrogens is 528 g/mol. The summed E-state index contributed by atoms with van der Waals surface area (Å²) in [5, 5.41) is 14.3. The number of Topliss-reactive ketones (excluding diaryl/α,β-unsaturated/α-hetero) is 1. The van der Waals surface area contributed by atoms with Gasteiger partial charge in [-0.2, -0.15) is 5.26 Å². The van der Waals surface area contributed by atoms with Gasteiger partial charge >= 0.3 is 0 Å². The van der Waals surface area contributed by atoms with Gasteiger partial charge in [-0.1, -0.05) is 68.4 Å². The van der Waals surface area contributed by atoms with Crippen LogP contribution in [-0.2, 0) is 16.0 Å². The van der Waals surface area contributed by atoms with E-state index in [0.29, 0.717) is 37.3 Å². The largest absolute Gasteiger partial charge is 0.491 e. The van der Waals surface area contributed by atoms with E-state index in [-0.39, 0.29) is 11.7 Å². The molecule has 0 bridgehead atoms. The maximum atomic E-state index is 13.1. The van der Waals surface area contributed by atoms with Crippen LogP contribution in [0.25, 0.3) is 0 Å². The summed E-state index contributed by atoms with van der Waals surface area (Å²) in [5.74, 6) is 1.18. The van der Waals surface area contributed by atoms with Gasteiger partial charge in [0, 0.05) is 45.6 Å². The maximum Gasteiger partial charge on any atom is 0.197 e. The highest BCUT2D eigenvalue weighted by Crippen LogP contribution is 2.19. The first-order valence-corrected chi connectivity index (χ1v) is 14.9. The first-order chi connectivity index (χ1) is 19.7. The fourth-order valence-corrected chi connectivity index (χ4v) is 4.28. The number of nitrogens with zero attached hydrogens (tertiary/aromatic N) is 3. The summed E-state index contributed by atoms with van der Waals surface area (Å²) in [7, 11) is 5.67. The summed E-state index contributed by atoms with van der Waals surface area (Å²) in [6, 6.07) is 9.73. The number of hydrogen-bond donors (Lipinski definition) is 1. The minimum Gasteiger partial charge on any atom is -0.491 e. The summed E-state index contributed by atoms with van der Waals surface area (Å²) in [5.41, 5.74) is 4.76. The van der Waals surface area contributed by atoms with Gasteiger partial charge in [-0.3, -0.25) is 9.79 Å². The second-order valence-corrected chi connectivity index (χ2v) is 10.4. The highest BCUT2D eigenvalue weighted by molar-refractivity contribution is 7.79. The highest BCUT2D eigenvalue weighted by atomic mass is 32.1. The third kappa shape index (κ3) is 13.1. The Morgan fingerprint density at radius 1 is 1.29 bits per heavy atom. The van der Waals surface area contributed by atoms with Crippen LogP contribution in [0, 0.1) is 17.2 Å². The minimum absolute atomic E-state index is 0.0326. The topological polar surface area (TPSA) is 77.7 Å². The number of carbonyl (C=O) groups is 1. The predicted octanol–water partition coefficient (Wildman–Crippen LogP) is 7.48. The Morgan fingerprint density at radius 3 is 2.63 bits per heavy atom. The van der Waals surface area contributed by atoms with Gasteiger partial charge in [0.15, 0.2) is 11.6 Å².